The normalized spacial score (nSPS) is 13.1. The quantitative estimate of drug-likeness (QED) is 0.829. The van der Waals surface area contributed by atoms with Gasteiger partial charge >= 0.3 is 0 Å². The Hall–Kier alpha value is -1.00. The summed E-state index contributed by atoms with van der Waals surface area (Å²) in [5.41, 5.74) is 0.302. The lowest BCUT2D eigenvalue weighted by atomic mass is 10.1. The van der Waals surface area contributed by atoms with Gasteiger partial charge in [0.15, 0.2) is 11.6 Å². The van der Waals surface area contributed by atoms with Gasteiger partial charge in [-0.2, -0.15) is 0 Å². The van der Waals surface area contributed by atoms with E-state index in [1.807, 2.05) is 13.8 Å². The molecule has 1 aromatic carbocycles. The summed E-state index contributed by atoms with van der Waals surface area (Å²) in [6.07, 6.45) is 0. The van der Waals surface area contributed by atoms with Gasteiger partial charge in [-0.25, -0.2) is 8.78 Å². The van der Waals surface area contributed by atoms with Crippen molar-refractivity contribution in [3.8, 4) is 0 Å². The van der Waals surface area contributed by atoms with Crippen LogP contribution < -0.4 is 5.32 Å². The first-order chi connectivity index (χ1) is 8.06. The van der Waals surface area contributed by atoms with E-state index in [4.69, 9.17) is 4.74 Å². The maximum absolute atomic E-state index is 13.6. The molecule has 0 heterocycles. The van der Waals surface area contributed by atoms with Crippen molar-refractivity contribution in [1.29, 1.82) is 0 Å². The summed E-state index contributed by atoms with van der Waals surface area (Å²) >= 11 is 0. The summed E-state index contributed by atoms with van der Waals surface area (Å²) in [5.74, 6) is -1.21. The van der Waals surface area contributed by atoms with Crippen molar-refractivity contribution in [1.82, 2.24) is 5.32 Å². The van der Waals surface area contributed by atoms with Crippen LogP contribution in [0, 0.1) is 17.6 Å². The van der Waals surface area contributed by atoms with Crippen molar-refractivity contribution in [3.05, 3.63) is 35.4 Å². The number of ether oxygens (including phenoxy) is 1. The fourth-order valence-corrected chi connectivity index (χ4v) is 1.54. The van der Waals surface area contributed by atoms with E-state index in [9.17, 15) is 8.78 Å². The largest absolute Gasteiger partial charge is 0.379 e. The minimum atomic E-state index is -0.827. The van der Waals surface area contributed by atoms with Crippen molar-refractivity contribution in [3.63, 3.8) is 0 Å². The van der Waals surface area contributed by atoms with E-state index in [2.05, 4.69) is 5.32 Å². The molecule has 17 heavy (non-hydrogen) atoms. The Bertz CT molecular complexity index is 355. The summed E-state index contributed by atoms with van der Waals surface area (Å²) in [5, 5.41) is 2.93. The van der Waals surface area contributed by atoms with Crippen LogP contribution >= 0.6 is 0 Å². The second kappa shape index (κ2) is 6.67. The topological polar surface area (TPSA) is 21.3 Å². The van der Waals surface area contributed by atoms with Gasteiger partial charge in [0.05, 0.1) is 12.6 Å². The van der Waals surface area contributed by atoms with E-state index in [-0.39, 0.29) is 6.04 Å². The molecule has 96 valence electrons. The summed E-state index contributed by atoms with van der Waals surface area (Å²) in [6.45, 7) is 5.01. The van der Waals surface area contributed by atoms with E-state index < -0.39 is 11.6 Å². The minimum absolute atomic E-state index is 0.302. The number of nitrogens with one attached hydrogen (secondary N) is 1. The molecule has 0 aromatic heterocycles. The third kappa shape index (κ3) is 4.06. The maximum Gasteiger partial charge on any atom is 0.163 e. The lowest BCUT2D eigenvalue weighted by Gasteiger charge is -2.18. The van der Waals surface area contributed by atoms with Crippen LogP contribution in [0.4, 0.5) is 8.78 Å². The number of rotatable bonds is 6. The Morgan fingerprint density at radius 1 is 1.24 bits per heavy atom. The average Bonchev–Trinajstić information content (AvgIpc) is 2.28. The molecule has 0 saturated carbocycles. The molecule has 0 bridgehead atoms. The summed E-state index contributed by atoms with van der Waals surface area (Å²) < 4.78 is 32.1. The minimum Gasteiger partial charge on any atom is -0.379 e. The van der Waals surface area contributed by atoms with Gasteiger partial charge in [-0.15, -0.1) is 0 Å². The number of hydrogen-bond acceptors (Lipinski definition) is 2. The third-order valence-corrected chi connectivity index (χ3v) is 2.44. The molecule has 0 aliphatic carbocycles. The van der Waals surface area contributed by atoms with Crippen LogP contribution in [0.3, 0.4) is 0 Å². The van der Waals surface area contributed by atoms with Gasteiger partial charge in [-0.1, -0.05) is 26.0 Å². The highest BCUT2D eigenvalue weighted by molar-refractivity contribution is 5.22. The zero-order chi connectivity index (χ0) is 12.8. The molecule has 1 unspecified atom stereocenters. The Labute approximate surface area is 101 Å². The Morgan fingerprint density at radius 3 is 2.53 bits per heavy atom. The van der Waals surface area contributed by atoms with E-state index in [1.54, 1.807) is 13.1 Å². The second-order valence-corrected chi connectivity index (χ2v) is 4.42. The van der Waals surface area contributed by atoms with Gasteiger partial charge in [0.25, 0.3) is 0 Å². The molecule has 0 saturated heterocycles. The predicted octanol–water partition coefficient (Wildman–Crippen LogP) is 2.90. The fraction of sp³-hybridized carbons (Fsp3) is 0.538. The van der Waals surface area contributed by atoms with Gasteiger partial charge in [0.1, 0.15) is 0 Å². The third-order valence-electron chi connectivity index (χ3n) is 2.44. The van der Waals surface area contributed by atoms with Crippen molar-refractivity contribution in [2.45, 2.75) is 19.9 Å². The summed E-state index contributed by atoms with van der Waals surface area (Å²) in [6, 6.07) is 3.85. The first kappa shape index (κ1) is 14.1. The first-order valence-corrected chi connectivity index (χ1v) is 5.75. The molecule has 0 amide bonds. The molecule has 4 heteroatoms. The predicted molar refractivity (Wildman–Crippen MR) is 63.8 cm³/mol. The molecule has 0 radical (unpaired) electrons. The Kier molecular flexibility index (Phi) is 5.51. The van der Waals surface area contributed by atoms with Crippen molar-refractivity contribution in [2.24, 2.45) is 5.92 Å². The van der Waals surface area contributed by atoms with Gasteiger partial charge in [0, 0.05) is 12.2 Å². The fourth-order valence-electron chi connectivity index (χ4n) is 1.54. The molecule has 0 fully saturated rings. The smallest absolute Gasteiger partial charge is 0.163 e. The van der Waals surface area contributed by atoms with Crippen molar-refractivity contribution >= 4 is 0 Å². The zero-order valence-electron chi connectivity index (χ0n) is 10.5. The van der Waals surface area contributed by atoms with Crippen LogP contribution in [0.15, 0.2) is 18.2 Å². The van der Waals surface area contributed by atoms with Gasteiger partial charge in [-0.05, 0) is 19.0 Å². The first-order valence-electron chi connectivity index (χ1n) is 5.75. The standard InChI is InChI=1S/C13H19F2NO/c1-9(2)7-17-8-12(16-3)10-5-4-6-11(14)13(10)15/h4-6,9,12,16H,7-8H2,1-3H3. The number of halogens is 2. The van der Waals surface area contributed by atoms with Gasteiger partial charge in [0.2, 0.25) is 0 Å². The van der Waals surface area contributed by atoms with E-state index in [0.717, 1.165) is 6.07 Å². The van der Waals surface area contributed by atoms with Crippen LogP contribution in [0.1, 0.15) is 25.5 Å². The van der Waals surface area contributed by atoms with E-state index in [0.29, 0.717) is 24.7 Å². The number of benzene rings is 1. The van der Waals surface area contributed by atoms with Crippen molar-refractivity contribution < 1.29 is 13.5 Å². The molecule has 1 N–H and O–H groups in total. The molecule has 0 spiro atoms. The number of likely N-dealkylation sites (N-methyl/N-ethyl adjacent to an activating group) is 1. The molecular formula is C13H19F2NO. The SMILES string of the molecule is CNC(COCC(C)C)c1cccc(F)c1F. The molecule has 1 rings (SSSR count). The van der Waals surface area contributed by atoms with Crippen molar-refractivity contribution in [2.75, 3.05) is 20.3 Å². The highest BCUT2D eigenvalue weighted by Gasteiger charge is 2.16. The average molecular weight is 243 g/mol. The molecule has 2 nitrogen and oxygen atoms in total. The molecular weight excluding hydrogens is 224 g/mol. The Morgan fingerprint density at radius 2 is 1.94 bits per heavy atom. The van der Waals surface area contributed by atoms with Crippen LogP contribution in [-0.2, 0) is 4.74 Å². The summed E-state index contributed by atoms with van der Waals surface area (Å²) in [7, 11) is 1.70. The molecule has 0 aliphatic rings. The molecule has 0 aliphatic heterocycles. The van der Waals surface area contributed by atoms with Crippen LogP contribution in [0.25, 0.3) is 0 Å². The highest BCUT2D eigenvalue weighted by atomic mass is 19.2. The lowest BCUT2D eigenvalue weighted by Crippen LogP contribution is -2.24. The van der Waals surface area contributed by atoms with Crippen LogP contribution in [-0.4, -0.2) is 20.3 Å². The van der Waals surface area contributed by atoms with E-state index in [1.165, 1.54) is 6.07 Å². The zero-order valence-corrected chi connectivity index (χ0v) is 10.5. The highest BCUT2D eigenvalue weighted by Crippen LogP contribution is 2.19. The number of hydrogen-bond donors (Lipinski definition) is 1. The Balaban J connectivity index is 2.69. The maximum atomic E-state index is 13.6. The van der Waals surface area contributed by atoms with E-state index >= 15 is 0 Å². The summed E-state index contributed by atoms with van der Waals surface area (Å²) in [4.78, 5) is 0. The van der Waals surface area contributed by atoms with Gasteiger partial charge in [-0.3, -0.25) is 0 Å². The van der Waals surface area contributed by atoms with Crippen LogP contribution in [0.2, 0.25) is 0 Å². The molecule has 1 atom stereocenters. The van der Waals surface area contributed by atoms with Crippen LogP contribution in [0.5, 0.6) is 0 Å². The molecule has 1 aromatic rings. The van der Waals surface area contributed by atoms with Gasteiger partial charge < -0.3 is 10.1 Å². The lowest BCUT2D eigenvalue weighted by molar-refractivity contribution is 0.0909. The second-order valence-electron chi connectivity index (χ2n) is 4.42. The monoisotopic (exact) mass is 243 g/mol.